The quantitative estimate of drug-likeness (QED) is 0.0325. The molecule has 2 aromatic heterocycles. The summed E-state index contributed by atoms with van der Waals surface area (Å²) in [6.45, 7) is 4.03. The number of likely N-dealkylation sites (tertiary alicyclic amines) is 1. The number of carbonyl (C=O) groups is 3. The number of piperidine rings is 2. The number of rotatable bonds is 16. The molecule has 2 aliphatic rings. The van der Waals surface area contributed by atoms with Crippen molar-refractivity contribution in [2.75, 3.05) is 51.3 Å². The Kier molecular flexibility index (Phi) is 32.0. The van der Waals surface area contributed by atoms with Crippen LogP contribution in [0.5, 0.6) is 11.5 Å². The van der Waals surface area contributed by atoms with Crippen molar-refractivity contribution in [2.45, 2.75) is 37.8 Å². The second-order valence-electron chi connectivity index (χ2n) is 16.4. The molecular formula is C53H55BrF6K2N6O7. The average Bonchev–Trinajstić information content (AvgIpc) is 3.42. The van der Waals surface area contributed by atoms with E-state index in [-0.39, 0.29) is 170 Å². The first-order valence-corrected chi connectivity index (χ1v) is 24.3. The Labute approximate surface area is 526 Å². The first kappa shape index (κ1) is 65.7. The van der Waals surface area contributed by atoms with Crippen LogP contribution in [0.1, 0.15) is 61.7 Å². The van der Waals surface area contributed by atoms with Gasteiger partial charge in [0.05, 0.1) is 30.1 Å². The van der Waals surface area contributed by atoms with Gasteiger partial charge in [0.15, 0.2) is 23.1 Å². The maximum absolute atomic E-state index is 13.7. The molecule has 3 N–H and O–H groups in total. The third-order valence-corrected chi connectivity index (χ3v) is 11.8. The summed E-state index contributed by atoms with van der Waals surface area (Å²) in [4.78, 5) is 47.8. The number of amides is 2. The SMILES string of the molecule is Fc1ccc(F)c(OCCBr)c1.O=C(NC(c1ccc(F)cc1)c1ccccn1)C1CCN(CCOc2cc(F)ccc2F)CC1.O=C(NC(c1ccc(F)cc1)c1ccccn1)C1CCNCC1.O=CO[O-].[H-].[K+].[K+]. The molecule has 6 aromatic rings. The zero-order valence-corrected chi connectivity index (χ0v) is 49.3. The summed E-state index contributed by atoms with van der Waals surface area (Å²) < 4.78 is 89.1. The minimum absolute atomic E-state index is 0. The number of benzene rings is 4. The summed E-state index contributed by atoms with van der Waals surface area (Å²) in [6.07, 6.45) is 6.36. The van der Waals surface area contributed by atoms with E-state index in [1.54, 1.807) is 42.7 Å². The van der Waals surface area contributed by atoms with E-state index in [9.17, 15) is 35.9 Å². The Balaban J connectivity index is 0.000000406. The van der Waals surface area contributed by atoms with Gasteiger partial charge in [-0.2, -0.15) is 0 Å². The molecule has 0 radical (unpaired) electrons. The smallest absolute Gasteiger partial charge is 1.00 e. The summed E-state index contributed by atoms with van der Waals surface area (Å²) in [5.41, 5.74) is 3.02. The average molecular weight is 1160 g/mol. The van der Waals surface area contributed by atoms with Crippen LogP contribution in [0.4, 0.5) is 26.3 Å². The Bertz CT molecular complexity index is 2610. The fourth-order valence-corrected chi connectivity index (χ4v) is 7.85. The second kappa shape index (κ2) is 36.5. The predicted molar refractivity (Wildman–Crippen MR) is 262 cm³/mol. The van der Waals surface area contributed by atoms with Crippen LogP contribution >= 0.6 is 15.9 Å². The van der Waals surface area contributed by atoms with E-state index in [2.05, 4.69) is 51.6 Å². The van der Waals surface area contributed by atoms with E-state index in [1.807, 2.05) is 30.3 Å². The van der Waals surface area contributed by atoms with Crippen molar-refractivity contribution in [3.63, 3.8) is 0 Å². The molecule has 0 aliphatic carbocycles. The van der Waals surface area contributed by atoms with Gasteiger partial charge in [0, 0.05) is 48.2 Å². The van der Waals surface area contributed by atoms with Crippen LogP contribution in [0, 0.1) is 46.7 Å². The van der Waals surface area contributed by atoms with Crippen LogP contribution in [-0.2, 0) is 19.3 Å². The van der Waals surface area contributed by atoms with Gasteiger partial charge in [0.2, 0.25) is 11.8 Å². The van der Waals surface area contributed by atoms with E-state index in [4.69, 9.17) is 19.5 Å². The largest absolute Gasteiger partial charge is 1.00 e. The van der Waals surface area contributed by atoms with Crippen molar-refractivity contribution < 1.29 is 165 Å². The fraction of sp³-hybridized carbons (Fsp3) is 0.302. The number of carbonyl (C=O) groups excluding carboxylic acids is 3. The maximum atomic E-state index is 13.7. The zero-order valence-electron chi connectivity index (χ0n) is 42.4. The molecule has 4 aromatic carbocycles. The molecule has 4 heterocycles. The summed E-state index contributed by atoms with van der Waals surface area (Å²) in [7, 11) is 0. The third-order valence-electron chi connectivity index (χ3n) is 11.4. The van der Waals surface area contributed by atoms with Crippen molar-refractivity contribution in [2.24, 2.45) is 11.8 Å². The zero-order chi connectivity index (χ0) is 52.4. The van der Waals surface area contributed by atoms with Crippen LogP contribution < -0.4 is 133 Å². The Hall–Kier alpha value is -3.60. The summed E-state index contributed by atoms with van der Waals surface area (Å²) >= 11 is 3.11. The van der Waals surface area contributed by atoms with Crippen molar-refractivity contribution in [1.29, 1.82) is 0 Å². The van der Waals surface area contributed by atoms with Crippen molar-refractivity contribution in [3.05, 3.63) is 191 Å². The molecule has 75 heavy (non-hydrogen) atoms. The van der Waals surface area contributed by atoms with Gasteiger partial charge >= 0.3 is 103 Å². The summed E-state index contributed by atoms with van der Waals surface area (Å²) in [6, 6.07) is 28.7. The van der Waals surface area contributed by atoms with Crippen LogP contribution in [-0.4, -0.2) is 84.4 Å². The van der Waals surface area contributed by atoms with Gasteiger partial charge in [-0.05, 0) is 136 Å². The predicted octanol–water partition coefficient (Wildman–Crippen LogP) is 2.22. The number of nitrogens with one attached hydrogen (secondary N) is 3. The molecule has 22 heteroatoms. The molecule has 2 saturated heterocycles. The standard InChI is InChI=1S/C26H26F3N3O2.C18H20FN3O.C8H7BrF2O.CH2O3.2K.H/c27-20-6-4-18(5-7-20)25(23-3-1-2-12-30-23)31-26(33)19-10-13-32(14-11-19)15-16-34-24-17-21(28)8-9-22(24)29;19-15-6-4-13(5-7-15)17(16-3-1-2-10-21-16)22-18(23)14-8-11-20-12-9-14;9-3-4-12-8-5-6(10)1-2-7(8)11;2-1-4-3;;;/h1-9,12,17,19,25H,10-11,13-16H2,(H,31,33);1-7,10,14,17,20H,8-9,11-12H2,(H,22,23);1-2,5H,3-4H2;1,3H;;;/q;;;;2*+1;-1/p-1. The number of aromatic nitrogens is 2. The van der Waals surface area contributed by atoms with E-state index in [1.165, 1.54) is 24.3 Å². The Morgan fingerprint density at radius 2 is 1.07 bits per heavy atom. The second-order valence-corrected chi connectivity index (χ2v) is 17.2. The van der Waals surface area contributed by atoms with Crippen LogP contribution in [0.3, 0.4) is 0 Å². The molecule has 2 amide bonds. The van der Waals surface area contributed by atoms with Gasteiger partial charge in [-0.1, -0.05) is 52.3 Å². The number of halogens is 7. The molecule has 0 bridgehead atoms. The minimum atomic E-state index is -0.597. The van der Waals surface area contributed by atoms with Crippen molar-refractivity contribution in [1.82, 2.24) is 30.8 Å². The van der Waals surface area contributed by atoms with Gasteiger partial charge in [-0.15, -0.1) is 0 Å². The summed E-state index contributed by atoms with van der Waals surface area (Å²) in [5.74, 6) is -3.15. The molecule has 2 atom stereocenters. The van der Waals surface area contributed by atoms with Crippen molar-refractivity contribution >= 4 is 34.2 Å². The number of pyridine rings is 2. The normalized spacial score (nSPS) is 14.1. The maximum Gasteiger partial charge on any atom is 1.00 e. The van der Waals surface area contributed by atoms with E-state index in [0.717, 1.165) is 79.2 Å². The summed E-state index contributed by atoms with van der Waals surface area (Å²) in [5, 5.41) is 18.4. The monoisotopic (exact) mass is 1160 g/mol. The number of ether oxygens (including phenoxy) is 2. The number of hydrogen-bond donors (Lipinski definition) is 3. The number of nitrogens with zero attached hydrogens (tertiary/aromatic N) is 3. The molecule has 13 nitrogen and oxygen atoms in total. The minimum Gasteiger partial charge on any atom is -1.00 e. The Morgan fingerprint density at radius 1 is 0.653 bits per heavy atom. The molecule has 0 spiro atoms. The Morgan fingerprint density at radius 3 is 1.47 bits per heavy atom. The van der Waals surface area contributed by atoms with Gasteiger partial charge < -0.3 is 37.0 Å². The van der Waals surface area contributed by atoms with Gasteiger partial charge in [0.1, 0.15) is 29.9 Å². The first-order chi connectivity index (χ1) is 35.4. The van der Waals surface area contributed by atoms with Gasteiger partial charge in [-0.25, -0.2) is 26.3 Å². The molecule has 0 saturated carbocycles. The van der Waals surface area contributed by atoms with Crippen LogP contribution in [0.25, 0.3) is 0 Å². The number of alkyl halides is 1. The van der Waals surface area contributed by atoms with E-state index >= 15 is 0 Å². The molecule has 2 unspecified atom stereocenters. The molecular weight excluding hydrogens is 1100 g/mol. The molecule has 2 fully saturated rings. The van der Waals surface area contributed by atoms with E-state index < -0.39 is 29.3 Å². The molecule has 2 aliphatic heterocycles. The van der Waals surface area contributed by atoms with E-state index in [0.29, 0.717) is 50.1 Å². The van der Waals surface area contributed by atoms with Crippen LogP contribution in [0.15, 0.2) is 134 Å². The topological polar surface area (TPSA) is 167 Å². The van der Waals surface area contributed by atoms with Crippen molar-refractivity contribution in [3.8, 4) is 11.5 Å². The fourth-order valence-electron chi connectivity index (χ4n) is 7.69. The van der Waals surface area contributed by atoms with Gasteiger partial charge in [-0.3, -0.25) is 29.3 Å². The molecule has 390 valence electrons. The van der Waals surface area contributed by atoms with Gasteiger partial charge in [0.25, 0.3) is 6.47 Å². The number of hydrogen-bond acceptors (Lipinski definition) is 11. The third kappa shape index (κ3) is 23.1. The van der Waals surface area contributed by atoms with Crippen LogP contribution in [0.2, 0.25) is 0 Å². The first-order valence-electron chi connectivity index (χ1n) is 23.2. The molecule has 8 rings (SSSR count).